The Bertz CT molecular complexity index is 650. The number of aryl methyl sites for hydroxylation is 1. The van der Waals surface area contributed by atoms with E-state index in [1.165, 1.54) is 0 Å². The first kappa shape index (κ1) is 15.3. The molecule has 3 N–H and O–H groups in total. The zero-order chi connectivity index (χ0) is 15.6. The fourth-order valence-electron chi connectivity index (χ4n) is 2.56. The van der Waals surface area contributed by atoms with Gasteiger partial charge in [-0.05, 0) is 29.5 Å². The largest absolute Gasteiger partial charge is 0.372 e. The van der Waals surface area contributed by atoms with Crippen LogP contribution >= 0.6 is 0 Å². The predicted octanol–water partition coefficient (Wildman–Crippen LogP) is 2.84. The number of primary amides is 1. The van der Waals surface area contributed by atoms with E-state index in [2.05, 4.69) is 13.8 Å². The van der Waals surface area contributed by atoms with E-state index in [0.717, 1.165) is 11.1 Å². The minimum atomic E-state index is -1.80. The van der Waals surface area contributed by atoms with Gasteiger partial charge < -0.3 is 10.8 Å². The van der Waals surface area contributed by atoms with Gasteiger partial charge in [-0.3, -0.25) is 4.79 Å². The number of hydrogen-bond donors (Lipinski definition) is 2. The van der Waals surface area contributed by atoms with Gasteiger partial charge >= 0.3 is 0 Å². The lowest BCUT2D eigenvalue weighted by Gasteiger charge is -2.28. The van der Waals surface area contributed by atoms with Crippen LogP contribution < -0.4 is 5.73 Å². The molecule has 3 nitrogen and oxygen atoms in total. The van der Waals surface area contributed by atoms with E-state index >= 15 is 0 Å². The number of aliphatic hydroxyl groups is 1. The summed E-state index contributed by atoms with van der Waals surface area (Å²) in [7, 11) is 0. The van der Waals surface area contributed by atoms with E-state index in [4.69, 9.17) is 5.73 Å². The fraction of sp³-hybridized carbons (Fsp3) is 0.278. The normalized spacial score (nSPS) is 14.0. The van der Waals surface area contributed by atoms with E-state index in [1.807, 2.05) is 25.1 Å². The van der Waals surface area contributed by atoms with Crippen LogP contribution in [0.1, 0.15) is 42.0 Å². The molecule has 0 saturated heterocycles. The van der Waals surface area contributed by atoms with Crippen molar-refractivity contribution in [3.63, 3.8) is 0 Å². The van der Waals surface area contributed by atoms with E-state index in [0.29, 0.717) is 17.0 Å². The van der Waals surface area contributed by atoms with Gasteiger partial charge in [0, 0.05) is 5.56 Å². The van der Waals surface area contributed by atoms with Crippen molar-refractivity contribution in [2.75, 3.05) is 0 Å². The maximum absolute atomic E-state index is 12.0. The Morgan fingerprint density at radius 2 is 1.76 bits per heavy atom. The lowest BCUT2D eigenvalue weighted by molar-refractivity contribution is -0.133. The van der Waals surface area contributed by atoms with Gasteiger partial charge in [-0.1, -0.05) is 62.4 Å². The number of carbonyl (C=O) groups is 1. The highest BCUT2D eigenvalue weighted by Gasteiger charge is 2.39. The first-order chi connectivity index (χ1) is 9.87. The maximum atomic E-state index is 12.0. The number of rotatable bonds is 4. The first-order valence-electron chi connectivity index (χ1n) is 7.06. The van der Waals surface area contributed by atoms with Crippen molar-refractivity contribution in [2.45, 2.75) is 32.3 Å². The number of benzene rings is 2. The molecule has 2 aromatic rings. The quantitative estimate of drug-likeness (QED) is 0.906. The average molecular weight is 283 g/mol. The molecule has 2 rings (SSSR count). The molecule has 0 fully saturated rings. The molecule has 21 heavy (non-hydrogen) atoms. The number of nitrogens with two attached hydrogens (primary N) is 1. The van der Waals surface area contributed by atoms with Crippen molar-refractivity contribution < 1.29 is 9.90 Å². The van der Waals surface area contributed by atoms with Crippen molar-refractivity contribution >= 4 is 5.91 Å². The second-order valence-corrected chi connectivity index (χ2v) is 5.67. The third-order valence-electron chi connectivity index (χ3n) is 3.86. The first-order valence-corrected chi connectivity index (χ1v) is 7.06. The van der Waals surface area contributed by atoms with Crippen LogP contribution in [-0.4, -0.2) is 11.0 Å². The Hall–Kier alpha value is -2.13. The zero-order valence-electron chi connectivity index (χ0n) is 12.6. The van der Waals surface area contributed by atoms with Crippen LogP contribution in [0.15, 0.2) is 48.5 Å². The molecule has 1 amide bonds. The molecule has 0 radical (unpaired) electrons. The summed E-state index contributed by atoms with van der Waals surface area (Å²) in [4.78, 5) is 12.0. The monoisotopic (exact) mass is 283 g/mol. The smallest absolute Gasteiger partial charge is 0.258 e. The molecule has 3 heteroatoms. The summed E-state index contributed by atoms with van der Waals surface area (Å²) >= 11 is 0. The number of amides is 1. The van der Waals surface area contributed by atoms with Crippen LogP contribution in [0.5, 0.6) is 0 Å². The zero-order valence-corrected chi connectivity index (χ0v) is 12.6. The standard InChI is InChI=1S/C18H21NO2/c1-12(2)14-9-10-16(13(3)11-14)18(21,17(19)20)15-7-5-4-6-8-15/h4-12,21H,1-3H3,(H2,19,20). The van der Waals surface area contributed by atoms with E-state index < -0.39 is 11.5 Å². The molecule has 0 bridgehead atoms. The molecular weight excluding hydrogens is 262 g/mol. The van der Waals surface area contributed by atoms with Crippen LogP contribution in [-0.2, 0) is 10.4 Å². The van der Waals surface area contributed by atoms with E-state index in [1.54, 1.807) is 30.3 Å². The molecule has 0 aliphatic heterocycles. The van der Waals surface area contributed by atoms with Gasteiger partial charge in [-0.15, -0.1) is 0 Å². The van der Waals surface area contributed by atoms with E-state index in [9.17, 15) is 9.90 Å². The molecule has 0 saturated carbocycles. The minimum absolute atomic E-state index is 0.385. The van der Waals surface area contributed by atoms with Gasteiger partial charge in [0.05, 0.1) is 0 Å². The summed E-state index contributed by atoms with van der Waals surface area (Å²) < 4.78 is 0. The Kier molecular flexibility index (Phi) is 4.14. The van der Waals surface area contributed by atoms with Crippen LogP contribution in [0.3, 0.4) is 0 Å². The van der Waals surface area contributed by atoms with Crippen LogP contribution in [0.4, 0.5) is 0 Å². The molecule has 0 spiro atoms. The molecular formula is C18H21NO2. The fourth-order valence-corrected chi connectivity index (χ4v) is 2.56. The van der Waals surface area contributed by atoms with Gasteiger partial charge in [0.25, 0.3) is 5.91 Å². The molecule has 2 aromatic carbocycles. The van der Waals surface area contributed by atoms with Gasteiger partial charge in [0.15, 0.2) is 5.60 Å². The van der Waals surface area contributed by atoms with Crippen molar-refractivity contribution in [3.8, 4) is 0 Å². The van der Waals surface area contributed by atoms with Gasteiger partial charge in [-0.2, -0.15) is 0 Å². The third-order valence-corrected chi connectivity index (χ3v) is 3.86. The molecule has 110 valence electrons. The van der Waals surface area contributed by atoms with Crippen molar-refractivity contribution in [3.05, 3.63) is 70.8 Å². The van der Waals surface area contributed by atoms with Crippen LogP contribution in [0.25, 0.3) is 0 Å². The molecule has 0 heterocycles. The van der Waals surface area contributed by atoms with Crippen molar-refractivity contribution in [1.82, 2.24) is 0 Å². The second-order valence-electron chi connectivity index (χ2n) is 5.67. The SMILES string of the molecule is Cc1cc(C(C)C)ccc1C(O)(C(N)=O)c1ccccc1. The second kappa shape index (κ2) is 5.70. The Morgan fingerprint density at radius 1 is 1.14 bits per heavy atom. The molecule has 0 aliphatic carbocycles. The van der Waals surface area contributed by atoms with Gasteiger partial charge in [-0.25, -0.2) is 0 Å². The molecule has 0 aromatic heterocycles. The minimum Gasteiger partial charge on any atom is -0.372 e. The van der Waals surface area contributed by atoms with Crippen molar-refractivity contribution in [1.29, 1.82) is 0 Å². The average Bonchev–Trinajstić information content (AvgIpc) is 2.47. The van der Waals surface area contributed by atoms with E-state index in [-0.39, 0.29) is 0 Å². The molecule has 0 aliphatic rings. The summed E-state index contributed by atoms with van der Waals surface area (Å²) in [6.07, 6.45) is 0. The van der Waals surface area contributed by atoms with Crippen LogP contribution in [0.2, 0.25) is 0 Å². The maximum Gasteiger partial charge on any atom is 0.258 e. The van der Waals surface area contributed by atoms with Gasteiger partial charge in [0.2, 0.25) is 0 Å². The predicted molar refractivity (Wildman–Crippen MR) is 83.9 cm³/mol. The van der Waals surface area contributed by atoms with Gasteiger partial charge in [0.1, 0.15) is 0 Å². The highest BCUT2D eigenvalue weighted by atomic mass is 16.3. The Morgan fingerprint density at radius 3 is 2.24 bits per heavy atom. The lowest BCUT2D eigenvalue weighted by Crippen LogP contribution is -2.42. The summed E-state index contributed by atoms with van der Waals surface area (Å²) in [6.45, 7) is 6.09. The van der Waals surface area contributed by atoms with Crippen molar-refractivity contribution in [2.24, 2.45) is 5.73 Å². The Labute approximate surface area is 125 Å². The highest BCUT2D eigenvalue weighted by Crippen LogP contribution is 2.33. The Balaban J connectivity index is 2.62. The number of carbonyl (C=O) groups excluding carboxylic acids is 1. The summed E-state index contributed by atoms with van der Waals surface area (Å²) in [5, 5.41) is 11.0. The number of hydrogen-bond acceptors (Lipinski definition) is 2. The third kappa shape index (κ3) is 2.69. The lowest BCUT2D eigenvalue weighted by atomic mass is 9.82. The topological polar surface area (TPSA) is 63.3 Å². The van der Waals surface area contributed by atoms with Crippen LogP contribution in [0, 0.1) is 6.92 Å². The summed E-state index contributed by atoms with van der Waals surface area (Å²) in [6, 6.07) is 14.5. The molecule has 1 unspecified atom stereocenters. The summed E-state index contributed by atoms with van der Waals surface area (Å²) in [5.74, 6) is -0.384. The summed E-state index contributed by atoms with van der Waals surface area (Å²) in [5.41, 5.74) is 6.74. The highest BCUT2D eigenvalue weighted by molar-refractivity contribution is 5.89. The molecule has 1 atom stereocenters.